The monoisotopic (exact) mass is 252 g/mol. The van der Waals surface area contributed by atoms with Gasteiger partial charge in [0.05, 0.1) is 0 Å². The number of carbonyl (C=O) groups excluding carboxylic acids is 1. The second-order valence-corrected chi connectivity index (χ2v) is 5.36. The quantitative estimate of drug-likeness (QED) is 0.870. The number of amides is 1. The number of hydrogen-bond donors (Lipinski definition) is 1. The Morgan fingerprint density at radius 2 is 2.11 bits per heavy atom. The second kappa shape index (κ2) is 5.96. The van der Waals surface area contributed by atoms with Gasteiger partial charge in [0.25, 0.3) is 0 Å². The van der Waals surface area contributed by atoms with Crippen molar-refractivity contribution in [2.75, 3.05) is 13.6 Å². The first-order valence-corrected chi connectivity index (χ1v) is 6.05. The summed E-state index contributed by atoms with van der Waals surface area (Å²) in [6.45, 7) is 4.22. The first-order chi connectivity index (χ1) is 8.28. The molecule has 0 atom stereocenters. The molecule has 0 unspecified atom stereocenters. The molecule has 1 aromatic carbocycles. The summed E-state index contributed by atoms with van der Waals surface area (Å²) in [4.78, 5) is 13.5. The molecule has 1 rings (SSSR count). The average molecular weight is 252 g/mol. The zero-order valence-corrected chi connectivity index (χ0v) is 11.2. The van der Waals surface area contributed by atoms with Crippen LogP contribution < -0.4 is 5.73 Å². The van der Waals surface area contributed by atoms with E-state index in [0.717, 1.165) is 5.56 Å². The molecule has 3 nitrogen and oxygen atoms in total. The van der Waals surface area contributed by atoms with Gasteiger partial charge >= 0.3 is 0 Å². The van der Waals surface area contributed by atoms with Crippen LogP contribution in [0.4, 0.5) is 4.39 Å². The maximum absolute atomic E-state index is 13.0. The van der Waals surface area contributed by atoms with E-state index in [4.69, 9.17) is 5.73 Å². The molecule has 18 heavy (non-hydrogen) atoms. The Labute approximate surface area is 108 Å². The molecule has 0 radical (unpaired) electrons. The van der Waals surface area contributed by atoms with Gasteiger partial charge < -0.3 is 10.6 Å². The molecule has 4 heteroatoms. The van der Waals surface area contributed by atoms with E-state index >= 15 is 0 Å². The molecule has 0 saturated heterocycles. The van der Waals surface area contributed by atoms with Gasteiger partial charge in [-0.25, -0.2) is 4.39 Å². The molecule has 0 saturated carbocycles. The molecular formula is C14H21FN2O. The van der Waals surface area contributed by atoms with Crippen molar-refractivity contribution in [1.82, 2.24) is 4.90 Å². The summed E-state index contributed by atoms with van der Waals surface area (Å²) in [6, 6.07) is 6.43. The van der Waals surface area contributed by atoms with Crippen molar-refractivity contribution in [1.29, 1.82) is 0 Å². The fourth-order valence-corrected chi connectivity index (χ4v) is 1.64. The first kappa shape index (κ1) is 14.6. The highest BCUT2D eigenvalue weighted by atomic mass is 19.1. The summed E-state index contributed by atoms with van der Waals surface area (Å²) in [5, 5.41) is 0. The van der Waals surface area contributed by atoms with E-state index in [-0.39, 0.29) is 11.7 Å². The van der Waals surface area contributed by atoms with Crippen molar-refractivity contribution in [3.63, 3.8) is 0 Å². The minimum absolute atomic E-state index is 0.0129. The molecule has 0 aliphatic carbocycles. The average Bonchev–Trinajstić information content (AvgIpc) is 2.23. The van der Waals surface area contributed by atoms with Crippen LogP contribution in [0.15, 0.2) is 24.3 Å². The van der Waals surface area contributed by atoms with E-state index in [1.807, 2.05) is 19.9 Å². The van der Waals surface area contributed by atoms with Crippen molar-refractivity contribution >= 4 is 5.91 Å². The smallest absolute Gasteiger partial charge is 0.224 e. The van der Waals surface area contributed by atoms with Gasteiger partial charge in [-0.2, -0.15) is 0 Å². The Hall–Kier alpha value is -1.42. The first-order valence-electron chi connectivity index (χ1n) is 6.05. The SMILES string of the molecule is CN(CCc1cccc(F)c1)C(=O)CC(C)(C)N. The Balaban J connectivity index is 2.46. The summed E-state index contributed by atoms with van der Waals surface area (Å²) < 4.78 is 13.0. The molecule has 1 aromatic rings. The molecule has 2 N–H and O–H groups in total. The second-order valence-electron chi connectivity index (χ2n) is 5.36. The number of benzene rings is 1. The Bertz CT molecular complexity index is 413. The highest BCUT2D eigenvalue weighted by Gasteiger charge is 2.19. The van der Waals surface area contributed by atoms with Crippen LogP contribution in [-0.4, -0.2) is 29.9 Å². The standard InChI is InChI=1S/C14H21FN2O/c1-14(2,16)10-13(18)17(3)8-7-11-5-4-6-12(15)9-11/h4-6,9H,7-8,10,16H2,1-3H3. The largest absolute Gasteiger partial charge is 0.345 e. The molecule has 1 amide bonds. The van der Waals surface area contributed by atoms with E-state index in [9.17, 15) is 9.18 Å². The lowest BCUT2D eigenvalue weighted by atomic mass is 10.0. The summed E-state index contributed by atoms with van der Waals surface area (Å²) in [6.07, 6.45) is 0.956. The topological polar surface area (TPSA) is 46.3 Å². The maximum Gasteiger partial charge on any atom is 0.224 e. The van der Waals surface area contributed by atoms with Gasteiger partial charge in [-0.1, -0.05) is 12.1 Å². The highest BCUT2D eigenvalue weighted by Crippen LogP contribution is 2.08. The van der Waals surface area contributed by atoms with Gasteiger partial charge in [0.15, 0.2) is 0 Å². The number of carbonyl (C=O) groups is 1. The molecule has 0 aliphatic rings. The third-order valence-electron chi connectivity index (χ3n) is 2.66. The minimum Gasteiger partial charge on any atom is -0.345 e. The van der Waals surface area contributed by atoms with Crippen molar-refractivity contribution < 1.29 is 9.18 Å². The fourth-order valence-electron chi connectivity index (χ4n) is 1.64. The van der Waals surface area contributed by atoms with E-state index in [2.05, 4.69) is 0 Å². The third-order valence-corrected chi connectivity index (χ3v) is 2.66. The summed E-state index contributed by atoms with van der Waals surface area (Å²) >= 11 is 0. The van der Waals surface area contributed by atoms with Crippen LogP contribution in [0.25, 0.3) is 0 Å². The molecule has 100 valence electrons. The minimum atomic E-state index is -0.496. The summed E-state index contributed by atoms with van der Waals surface area (Å²) in [5.74, 6) is -0.233. The van der Waals surface area contributed by atoms with E-state index in [1.165, 1.54) is 12.1 Å². The molecule has 0 heterocycles. The lowest BCUT2D eigenvalue weighted by Gasteiger charge is -2.23. The normalized spacial score (nSPS) is 11.4. The van der Waals surface area contributed by atoms with Crippen molar-refractivity contribution in [3.8, 4) is 0 Å². The number of nitrogens with two attached hydrogens (primary N) is 1. The number of likely N-dealkylation sites (N-methyl/N-ethyl adjacent to an activating group) is 1. The Morgan fingerprint density at radius 1 is 1.44 bits per heavy atom. The third kappa shape index (κ3) is 5.27. The lowest BCUT2D eigenvalue weighted by Crippen LogP contribution is -2.40. The van der Waals surface area contributed by atoms with Crippen LogP contribution in [-0.2, 0) is 11.2 Å². The van der Waals surface area contributed by atoms with Gasteiger partial charge in [0.2, 0.25) is 5.91 Å². The fraction of sp³-hybridized carbons (Fsp3) is 0.500. The Morgan fingerprint density at radius 3 is 2.67 bits per heavy atom. The van der Waals surface area contributed by atoms with E-state index in [1.54, 1.807) is 18.0 Å². The van der Waals surface area contributed by atoms with E-state index in [0.29, 0.717) is 19.4 Å². The number of rotatable bonds is 5. The number of halogens is 1. The molecular weight excluding hydrogens is 231 g/mol. The van der Waals surface area contributed by atoms with Crippen molar-refractivity contribution in [2.45, 2.75) is 32.2 Å². The predicted molar refractivity (Wildman–Crippen MR) is 70.6 cm³/mol. The molecule has 0 bridgehead atoms. The van der Waals surface area contributed by atoms with Crippen LogP contribution in [0.3, 0.4) is 0 Å². The van der Waals surface area contributed by atoms with Crippen molar-refractivity contribution in [2.24, 2.45) is 5.73 Å². The summed E-state index contributed by atoms with van der Waals surface area (Å²) in [7, 11) is 1.74. The maximum atomic E-state index is 13.0. The van der Waals surface area contributed by atoms with Gasteiger partial charge in [-0.05, 0) is 38.0 Å². The zero-order chi connectivity index (χ0) is 13.8. The summed E-state index contributed by atoms with van der Waals surface area (Å²) in [5.41, 5.74) is 6.20. The van der Waals surface area contributed by atoms with Crippen LogP contribution in [0.5, 0.6) is 0 Å². The number of hydrogen-bond acceptors (Lipinski definition) is 2. The molecule has 0 fully saturated rings. The van der Waals surface area contributed by atoms with Crippen LogP contribution in [0.2, 0.25) is 0 Å². The van der Waals surface area contributed by atoms with Gasteiger partial charge in [0.1, 0.15) is 5.82 Å². The van der Waals surface area contributed by atoms with Gasteiger partial charge in [-0.15, -0.1) is 0 Å². The number of nitrogens with zero attached hydrogens (tertiary/aromatic N) is 1. The van der Waals surface area contributed by atoms with Crippen LogP contribution >= 0.6 is 0 Å². The van der Waals surface area contributed by atoms with Gasteiger partial charge in [-0.3, -0.25) is 4.79 Å². The van der Waals surface area contributed by atoms with Crippen molar-refractivity contribution in [3.05, 3.63) is 35.6 Å². The molecule has 0 spiro atoms. The lowest BCUT2D eigenvalue weighted by molar-refractivity contribution is -0.130. The Kier molecular flexibility index (Phi) is 4.84. The zero-order valence-electron chi connectivity index (χ0n) is 11.2. The highest BCUT2D eigenvalue weighted by molar-refractivity contribution is 5.77. The van der Waals surface area contributed by atoms with Gasteiger partial charge in [0, 0.05) is 25.6 Å². The molecule has 0 aliphatic heterocycles. The predicted octanol–water partition coefficient (Wildman–Crippen LogP) is 1.95. The van der Waals surface area contributed by atoms with E-state index < -0.39 is 5.54 Å². The molecule has 0 aromatic heterocycles. The van der Waals surface area contributed by atoms with Crippen LogP contribution in [0.1, 0.15) is 25.8 Å². The van der Waals surface area contributed by atoms with Crippen LogP contribution in [0, 0.1) is 5.82 Å².